The summed E-state index contributed by atoms with van der Waals surface area (Å²) < 4.78 is 16.8. The molecule has 0 fully saturated rings. The van der Waals surface area contributed by atoms with E-state index < -0.39 is 6.10 Å². The first-order chi connectivity index (χ1) is 35.0. The molecule has 0 aromatic rings. The molecule has 0 radical (unpaired) electrons. The second kappa shape index (κ2) is 59.2. The minimum absolute atomic E-state index is 0.0769. The molecule has 0 N–H and O–H groups in total. The molecule has 0 saturated carbocycles. The fourth-order valence-corrected chi connectivity index (χ4v) is 8.38. The summed E-state index contributed by atoms with van der Waals surface area (Å²) in [6.07, 6.45) is 77.4. The molecule has 6 nitrogen and oxygen atoms in total. The molecule has 0 aliphatic carbocycles. The van der Waals surface area contributed by atoms with Crippen LogP contribution in [0.2, 0.25) is 0 Å². The first-order valence-electron chi connectivity index (χ1n) is 30.1. The molecule has 0 aromatic carbocycles. The quantitative estimate of drug-likeness (QED) is 0.0261. The predicted octanol–water partition coefficient (Wildman–Crippen LogP) is 20.3. The van der Waals surface area contributed by atoms with Gasteiger partial charge in [-0.1, -0.05) is 260 Å². The first kappa shape index (κ1) is 67.6. The molecule has 0 saturated heterocycles. The summed E-state index contributed by atoms with van der Waals surface area (Å²) in [5.41, 5.74) is 0. The van der Waals surface area contributed by atoms with Crippen LogP contribution in [0.3, 0.4) is 0 Å². The van der Waals surface area contributed by atoms with Crippen molar-refractivity contribution in [2.24, 2.45) is 0 Å². The van der Waals surface area contributed by atoms with Crippen molar-refractivity contribution in [1.82, 2.24) is 0 Å². The fourth-order valence-electron chi connectivity index (χ4n) is 8.38. The molecule has 0 bridgehead atoms. The van der Waals surface area contributed by atoms with E-state index in [-0.39, 0.29) is 31.1 Å². The van der Waals surface area contributed by atoms with Crippen LogP contribution in [-0.4, -0.2) is 37.2 Å². The molecule has 0 aromatic heterocycles. The van der Waals surface area contributed by atoms with Gasteiger partial charge in [0.1, 0.15) is 13.2 Å². The third-order valence-electron chi connectivity index (χ3n) is 12.9. The van der Waals surface area contributed by atoms with Crippen LogP contribution < -0.4 is 0 Å². The van der Waals surface area contributed by atoms with E-state index in [2.05, 4.69) is 106 Å². The van der Waals surface area contributed by atoms with Crippen LogP contribution in [0.5, 0.6) is 0 Å². The summed E-state index contributed by atoms with van der Waals surface area (Å²) in [5.74, 6) is -0.884. The number of carbonyl (C=O) groups excluding carboxylic acids is 3. The van der Waals surface area contributed by atoms with E-state index in [1.54, 1.807) is 0 Å². The molecule has 1 unspecified atom stereocenters. The molecule has 408 valence electrons. The molecular weight excluding hydrogens is 877 g/mol. The Morgan fingerprint density at radius 2 is 0.549 bits per heavy atom. The van der Waals surface area contributed by atoms with Gasteiger partial charge in [0.15, 0.2) is 6.10 Å². The minimum atomic E-state index is -0.777. The van der Waals surface area contributed by atoms with E-state index >= 15 is 0 Å². The van der Waals surface area contributed by atoms with Gasteiger partial charge in [0.2, 0.25) is 0 Å². The van der Waals surface area contributed by atoms with Gasteiger partial charge in [0, 0.05) is 19.3 Å². The van der Waals surface area contributed by atoms with Gasteiger partial charge in [-0.3, -0.25) is 14.4 Å². The van der Waals surface area contributed by atoms with E-state index in [1.165, 1.54) is 141 Å². The maximum Gasteiger partial charge on any atom is 0.306 e. The van der Waals surface area contributed by atoms with Crippen molar-refractivity contribution in [3.8, 4) is 0 Å². The number of carbonyl (C=O) groups is 3. The third kappa shape index (κ3) is 57.4. The molecule has 71 heavy (non-hydrogen) atoms. The third-order valence-corrected chi connectivity index (χ3v) is 12.9. The van der Waals surface area contributed by atoms with Gasteiger partial charge in [-0.05, 0) is 96.3 Å². The lowest BCUT2D eigenvalue weighted by atomic mass is 10.0. The van der Waals surface area contributed by atoms with Gasteiger partial charge in [0.25, 0.3) is 0 Å². The van der Waals surface area contributed by atoms with Crippen LogP contribution >= 0.6 is 0 Å². The highest BCUT2D eigenvalue weighted by atomic mass is 16.6. The average molecular weight is 990 g/mol. The van der Waals surface area contributed by atoms with E-state index in [0.29, 0.717) is 19.3 Å². The Morgan fingerprint density at radius 3 is 0.887 bits per heavy atom. The zero-order valence-corrected chi connectivity index (χ0v) is 46.7. The van der Waals surface area contributed by atoms with Gasteiger partial charge in [0.05, 0.1) is 0 Å². The lowest BCUT2D eigenvalue weighted by molar-refractivity contribution is -0.167. The lowest BCUT2D eigenvalue weighted by Gasteiger charge is -2.18. The maximum absolute atomic E-state index is 12.8. The normalized spacial score (nSPS) is 12.7. The van der Waals surface area contributed by atoms with Crippen LogP contribution in [0.15, 0.2) is 85.1 Å². The molecule has 0 heterocycles. The zero-order chi connectivity index (χ0) is 51.4. The standard InChI is InChI=1S/C65H112O6/c1-4-7-10-13-16-19-21-23-24-25-26-27-28-29-30-31-32-33-34-35-36-37-38-39-40-42-43-46-49-52-55-58-64(67)70-61-62(60-69-63(66)57-54-51-48-45-18-15-12-9-6-3)71-65(68)59-56-53-50-47-44-41-22-20-17-14-11-8-5-2/h7,10,16,19-20,22-24,26-27,29-30,32-33,62H,4-6,8-9,11-15,17-18,21,25,28,31,34-61H2,1-3H3/b10-7-,19-16-,22-20-,24-23-,27-26-,30-29-,33-32-. The van der Waals surface area contributed by atoms with E-state index in [4.69, 9.17) is 14.2 Å². The molecule has 0 aliphatic heterocycles. The first-order valence-corrected chi connectivity index (χ1v) is 30.1. The summed E-state index contributed by atoms with van der Waals surface area (Å²) in [7, 11) is 0. The largest absolute Gasteiger partial charge is 0.462 e. The lowest BCUT2D eigenvalue weighted by Crippen LogP contribution is -2.30. The van der Waals surface area contributed by atoms with Crippen molar-refractivity contribution in [1.29, 1.82) is 0 Å². The monoisotopic (exact) mass is 989 g/mol. The fraction of sp³-hybridized carbons (Fsp3) is 0.738. The number of allylic oxidation sites excluding steroid dienone is 14. The molecular formula is C65H112O6. The van der Waals surface area contributed by atoms with Gasteiger partial charge in [-0.25, -0.2) is 0 Å². The second-order valence-electron chi connectivity index (χ2n) is 19.9. The van der Waals surface area contributed by atoms with Crippen molar-refractivity contribution < 1.29 is 28.6 Å². The maximum atomic E-state index is 12.8. The van der Waals surface area contributed by atoms with Crippen LogP contribution in [0.1, 0.15) is 290 Å². The van der Waals surface area contributed by atoms with E-state index in [1.807, 2.05) is 0 Å². The minimum Gasteiger partial charge on any atom is -0.462 e. The van der Waals surface area contributed by atoms with Gasteiger partial charge >= 0.3 is 17.9 Å². The molecule has 6 heteroatoms. The summed E-state index contributed by atoms with van der Waals surface area (Å²) in [5, 5.41) is 0. The predicted molar refractivity (Wildman–Crippen MR) is 307 cm³/mol. The average Bonchev–Trinajstić information content (AvgIpc) is 3.37. The van der Waals surface area contributed by atoms with Gasteiger partial charge in [-0.15, -0.1) is 0 Å². The Balaban J connectivity index is 4.12. The SMILES string of the molecule is CC/C=C\C/C=C\C/C=C\C/C=C\C/C=C\C/C=C\CCCCCCCCCCCCCCC(=O)OCC(COC(=O)CCCCCCCCCCC)OC(=O)CCCCCCC/C=C\CCCCCC. The highest BCUT2D eigenvalue weighted by molar-refractivity contribution is 5.71. The Bertz CT molecular complexity index is 1370. The van der Waals surface area contributed by atoms with E-state index in [0.717, 1.165) is 109 Å². The summed E-state index contributed by atoms with van der Waals surface area (Å²) in [6.45, 7) is 6.49. The smallest absolute Gasteiger partial charge is 0.306 e. The molecule has 0 spiro atoms. The van der Waals surface area contributed by atoms with Crippen LogP contribution in [0, 0.1) is 0 Å². The van der Waals surface area contributed by atoms with E-state index in [9.17, 15) is 14.4 Å². The van der Waals surface area contributed by atoms with Crippen LogP contribution in [0.25, 0.3) is 0 Å². The Kier molecular flexibility index (Phi) is 56.3. The number of ether oxygens (including phenoxy) is 3. The highest BCUT2D eigenvalue weighted by Gasteiger charge is 2.19. The Morgan fingerprint density at radius 1 is 0.296 bits per heavy atom. The summed E-state index contributed by atoms with van der Waals surface area (Å²) in [4.78, 5) is 38.0. The molecule has 1 atom stereocenters. The number of rotatable bonds is 54. The molecule has 0 rings (SSSR count). The summed E-state index contributed by atoms with van der Waals surface area (Å²) >= 11 is 0. The van der Waals surface area contributed by atoms with Gasteiger partial charge < -0.3 is 14.2 Å². The van der Waals surface area contributed by atoms with Crippen molar-refractivity contribution in [3.05, 3.63) is 85.1 Å². The van der Waals surface area contributed by atoms with Crippen molar-refractivity contribution in [2.45, 2.75) is 297 Å². The molecule has 0 amide bonds. The summed E-state index contributed by atoms with van der Waals surface area (Å²) in [6, 6.07) is 0. The topological polar surface area (TPSA) is 78.9 Å². The zero-order valence-electron chi connectivity index (χ0n) is 46.7. The Hall–Kier alpha value is -3.41. The van der Waals surface area contributed by atoms with Crippen LogP contribution in [0.4, 0.5) is 0 Å². The number of hydrogen-bond acceptors (Lipinski definition) is 6. The van der Waals surface area contributed by atoms with Crippen LogP contribution in [-0.2, 0) is 28.6 Å². The molecule has 0 aliphatic rings. The highest BCUT2D eigenvalue weighted by Crippen LogP contribution is 2.16. The van der Waals surface area contributed by atoms with Crippen molar-refractivity contribution in [2.75, 3.05) is 13.2 Å². The number of hydrogen-bond donors (Lipinski definition) is 0. The second-order valence-corrected chi connectivity index (χ2v) is 19.9. The van der Waals surface area contributed by atoms with Crippen molar-refractivity contribution >= 4 is 17.9 Å². The Labute approximate surface area is 439 Å². The number of esters is 3. The van der Waals surface area contributed by atoms with Gasteiger partial charge in [-0.2, -0.15) is 0 Å². The number of unbranched alkanes of at least 4 members (excludes halogenated alkanes) is 29. The van der Waals surface area contributed by atoms with Crippen molar-refractivity contribution in [3.63, 3.8) is 0 Å².